The predicted molar refractivity (Wildman–Crippen MR) is 86.1 cm³/mol. The molecule has 0 radical (unpaired) electrons. The summed E-state index contributed by atoms with van der Waals surface area (Å²) in [6.45, 7) is 5.30. The zero-order valence-electron chi connectivity index (χ0n) is 12.7. The highest BCUT2D eigenvalue weighted by Gasteiger charge is 2.28. The summed E-state index contributed by atoms with van der Waals surface area (Å²) in [6.07, 6.45) is 2.10. The summed E-state index contributed by atoms with van der Waals surface area (Å²) in [5.74, 6) is 0.121. The number of carbonyl (C=O) groups is 1. The van der Waals surface area contributed by atoms with Crippen molar-refractivity contribution in [3.8, 4) is 0 Å². The topological polar surface area (TPSA) is 23.6 Å². The number of likely N-dealkylation sites (tertiary alicyclic amines) is 1. The molecular formula is C16H23BrN2O. The third-order valence-electron chi connectivity index (χ3n) is 4.34. The average molecular weight is 339 g/mol. The molecule has 0 bridgehead atoms. The zero-order valence-corrected chi connectivity index (χ0v) is 14.3. The summed E-state index contributed by atoms with van der Waals surface area (Å²) in [5, 5.41) is 0. The Hall–Kier alpha value is -0.870. The van der Waals surface area contributed by atoms with Gasteiger partial charge in [-0.15, -0.1) is 0 Å². The van der Waals surface area contributed by atoms with Gasteiger partial charge in [-0.3, -0.25) is 4.79 Å². The van der Waals surface area contributed by atoms with E-state index in [0.29, 0.717) is 12.1 Å². The molecule has 0 N–H and O–H groups in total. The van der Waals surface area contributed by atoms with E-state index in [2.05, 4.69) is 34.8 Å². The van der Waals surface area contributed by atoms with E-state index < -0.39 is 0 Å². The normalized spacial score (nSPS) is 23.6. The molecule has 2 atom stereocenters. The largest absolute Gasteiger partial charge is 0.339 e. The van der Waals surface area contributed by atoms with Crippen molar-refractivity contribution in [3.63, 3.8) is 0 Å². The summed E-state index contributed by atoms with van der Waals surface area (Å²) >= 11 is 3.47. The summed E-state index contributed by atoms with van der Waals surface area (Å²) in [4.78, 5) is 16.9. The molecule has 20 heavy (non-hydrogen) atoms. The van der Waals surface area contributed by atoms with Gasteiger partial charge in [0.1, 0.15) is 0 Å². The number of carbonyl (C=O) groups excluding carboxylic acids is 1. The fraction of sp³-hybridized carbons (Fsp3) is 0.562. The van der Waals surface area contributed by atoms with E-state index in [1.54, 1.807) is 0 Å². The van der Waals surface area contributed by atoms with Crippen molar-refractivity contribution in [2.24, 2.45) is 0 Å². The smallest absolute Gasteiger partial charge is 0.253 e. The molecule has 1 saturated heterocycles. The van der Waals surface area contributed by atoms with Gasteiger partial charge < -0.3 is 9.80 Å². The summed E-state index contributed by atoms with van der Waals surface area (Å²) < 4.78 is 0.964. The van der Waals surface area contributed by atoms with Crippen LogP contribution in [0, 0.1) is 6.92 Å². The average Bonchev–Trinajstić information content (AvgIpc) is 2.39. The lowest BCUT2D eigenvalue weighted by Crippen LogP contribution is -2.48. The van der Waals surface area contributed by atoms with Gasteiger partial charge in [0.2, 0.25) is 0 Å². The molecule has 4 heteroatoms. The molecule has 1 amide bonds. The lowest BCUT2D eigenvalue weighted by Gasteiger charge is -2.39. The Kier molecular flexibility index (Phi) is 4.86. The van der Waals surface area contributed by atoms with Gasteiger partial charge in [0.05, 0.1) is 0 Å². The Morgan fingerprint density at radius 1 is 1.40 bits per heavy atom. The summed E-state index contributed by atoms with van der Waals surface area (Å²) in [5.41, 5.74) is 1.87. The molecule has 0 saturated carbocycles. The molecule has 3 nitrogen and oxygen atoms in total. The number of nitrogens with zero attached hydrogens (tertiary/aromatic N) is 2. The molecule has 1 aliphatic rings. The maximum atomic E-state index is 12.6. The molecule has 1 fully saturated rings. The maximum absolute atomic E-state index is 12.6. The van der Waals surface area contributed by atoms with Gasteiger partial charge in [0.15, 0.2) is 0 Å². The highest BCUT2D eigenvalue weighted by Crippen LogP contribution is 2.22. The highest BCUT2D eigenvalue weighted by molar-refractivity contribution is 9.10. The standard InChI is InChI=1S/C16H23BrN2O/c1-11-7-13(10-14(17)8-11)16(20)19(4)15-5-6-18(3)12(2)9-15/h7-8,10,12,15H,5-6,9H2,1-4H3/t12-,15-/m1/s1. The second-order valence-electron chi connectivity index (χ2n) is 5.94. The van der Waals surface area contributed by atoms with Crippen LogP contribution in [0.3, 0.4) is 0 Å². The molecule has 1 aromatic carbocycles. The summed E-state index contributed by atoms with van der Waals surface area (Å²) in [7, 11) is 4.08. The van der Waals surface area contributed by atoms with Crippen LogP contribution in [0.25, 0.3) is 0 Å². The van der Waals surface area contributed by atoms with Crippen molar-refractivity contribution in [3.05, 3.63) is 33.8 Å². The first-order valence-corrected chi connectivity index (χ1v) is 7.92. The van der Waals surface area contributed by atoms with Gasteiger partial charge in [-0.05, 0) is 57.5 Å². The number of piperidine rings is 1. The fourth-order valence-corrected chi connectivity index (χ4v) is 3.45. The molecule has 110 valence electrons. The van der Waals surface area contributed by atoms with Crippen LogP contribution >= 0.6 is 15.9 Å². The van der Waals surface area contributed by atoms with Crippen molar-refractivity contribution in [2.75, 3.05) is 20.6 Å². The summed E-state index contributed by atoms with van der Waals surface area (Å²) in [6, 6.07) is 6.77. The minimum absolute atomic E-state index is 0.121. The van der Waals surface area contributed by atoms with Crippen molar-refractivity contribution in [1.82, 2.24) is 9.80 Å². The molecule has 0 aromatic heterocycles. The van der Waals surface area contributed by atoms with E-state index >= 15 is 0 Å². The highest BCUT2D eigenvalue weighted by atomic mass is 79.9. The van der Waals surface area contributed by atoms with Gasteiger partial charge >= 0.3 is 0 Å². The molecule has 0 unspecified atom stereocenters. The van der Waals surface area contributed by atoms with Crippen LogP contribution in [0.1, 0.15) is 35.7 Å². The number of aryl methyl sites for hydroxylation is 1. The van der Waals surface area contributed by atoms with Gasteiger partial charge in [0, 0.05) is 35.7 Å². The first kappa shape index (κ1) is 15.5. The fourth-order valence-electron chi connectivity index (χ4n) is 2.85. The van der Waals surface area contributed by atoms with Crippen LogP contribution in [0.4, 0.5) is 0 Å². The third-order valence-corrected chi connectivity index (χ3v) is 4.80. The van der Waals surface area contributed by atoms with Gasteiger partial charge in [-0.2, -0.15) is 0 Å². The number of halogens is 1. The molecular weight excluding hydrogens is 316 g/mol. The van der Waals surface area contributed by atoms with E-state index in [4.69, 9.17) is 0 Å². The van der Waals surface area contributed by atoms with Crippen molar-refractivity contribution >= 4 is 21.8 Å². The minimum atomic E-state index is 0.121. The Bertz CT molecular complexity index is 483. The van der Waals surface area contributed by atoms with Crippen molar-refractivity contribution in [2.45, 2.75) is 38.8 Å². The van der Waals surface area contributed by atoms with E-state index in [9.17, 15) is 4.79 Å². The number of rotatable bonds is 2. The van der Waals surface area contributed by atoms with Gasteiger partial charge in [0.25, 0.3) is 5.91 Å². The van der Waals surface area contributed by atoms with Gasteiger partial charge in [-0.1, -0.05) is 15.9 Å². The van der Waals surface area contributed by atoms with Crippen LogP contribution in [0.2, 0.25) is 0 Å². The number of hydrogen-bond donors (Lipinski definition) is 0. The van der Waals surface area contributed by atoms with Crippen LogP contribution in [0.15, 0.2) is 22.7 Å². The van der Waals surface area contributed by atoms with Crippen LogP contribution < -0.4 is 0 Å². The molecule has 1 aliphatic heterocycles. The SMILES string of the molecule is Cc1cc(Br)cc(C(=O)N(C)[C@@H]2CCN(C)[C@H](C)C2)c1. The predicted octanol–water partition coefficient (Wildman–Crippen LogP) is 3.31. The molecule has 2 rings (SSSR count). The van der Waals surface area contributed by atoms with E-state index in [-0.39, 0.29) is 5.91 Å². The zero-order chi connectivity index (χ0) is 14.9. The van der Waals surface area contributed by atoms with Crippen LogP contribution in [0.5, 0.6) is 0 Å². The number of benzene rings is 1. The quantitative estimate of drug-likeness (QED) is 0.825. The lowest BCUT2D eigenvalue weighted by atomic mass is 9.97. The Labute approximate surface area is 130 Å². The van der Waals surface area contributed by atoms with E-state index in [1.165, 1.54) is 0 Å². The number of hydrogen-bond acceptors (Lipinski definition) is 2. The molecule has 1 aromatic rings. The Morgan fingerprint density at radius 3 is 2.70 bits per heavy atom. The van der Waals surface area contributed by atoms with Crippen molar-refractivity contribution in [1.29, 1.82) is 0 Å². The molecule has 0 spiro atoms. The minimum Gasteiger partial charge on any atom is -0.339 e. The maximum Gasteiger partial charge on any atom is 0.253 e. The molecule has 0 aliphatic carbocycles. The Morgan fingerprint density at radius 2 is 2.10 bits per heavy atom. The first-order valence-electron chi connectivity index (χ1n) is 7.13. The Balaban J connectivity index is 2.12. The number of amides is 1. The van der Waals surface area contributed by atoms with E-state index in [0.717, 1.165) is 35.0 Å². The second kappa shape index (κ2) is 6.27. The monoisotopic (exact) mass is 338 g/mol. The van der Waals surface area contributed by atoms with Crippen LogP contribution in [-0.4, -0.2) is 48.4 Å². The van der Waals surface area contributed by atoms with E-state index in [1.807, 2.05) is 37.1 Å². The molecule has 1 heterocycles. The third kappa shape index (κ3) is 3.41. The van der Waals surface area contributed by atoms with Gasteiger partial charge in [-0.25, -0.2) is 0 Å². The second-order valence-corrected chi connectivity index (χ2v) is 6.86. The first-order chi connectivity index (χ1) is 9.38. The van der Waals surface area contributed by atoms with Crippen molar-refractivity contribution < 1.29 is 4.79 Å². The lowest BCUT2D eigenvalue weighted by molar-refractivity contribution is 0.0598. The van der Waals surface area contributed by atoms with Crippen LogP contribution in [-0.2, 0) is 0 Å².